The van der Waals surface area contributed by atoms with Gasteiger partial charge in [0.1, 0.15) is 12.4 Å². The van der Waals surface area contributed by atoms with Crippen LogP contribution in [0.25, 0.3) is 0 Å². The molecule has 0 saturated carbocycles. The Balaban J connectivity index is 1.73. The van der Waals surface area contributed by atoms with Crippen molar-refractivity contribution in [3.8, 4) is 0 Å². The Labute approximate surface area is 177 Å². The molecule has 0 radical (unpaired) electrons. The van der Waals surface area contributed by atoms with Gasteiger partial charge in [0.15, 0.2) is 5.69 Å². The predicted octanol–water partition coefficient (Wildman–Crippen LogP) is 4.34. The van der Waals surface area contributed by atoms with Crippen molar-refractivity contribution in [3.05, 3.63) is 46.5 Å². The molecule has 0 spiro atoms. The van der Waals surface area contributed by atoms with Gasteiger partial charge >= 0.3 is 6.18 Å². The molecule has 1 amide bonds. The lowest BCUT2D eigenvalue weighted by Gasteiger charge is -2.36. The number of amides is 1. The van der Waals surface area contributed by atoms with Crippen LogP contribution in [-0.4, -0.2) is 46.8 Å². The third-order valence-electron chi connectivity index (χ3n) is 4.98. The van der Waals surface area contributed by atoms with Crippen molar-refractivity contribution in [1.82, 2.24) is 14.7 Å². The van der Waals surface area contributed by atoms with Gasteiger partial charge in [-0.1, -0.05) is 32.4 Å². The minimum absolute atomic E-state index is 0.102. The highest BCUT2D eigenvalue weighted by Gasteiger charge is 2.42. The molecule has 0 unspecified atom stereocenters. The maximum atomic E-state index is 13.6. The molecular formula is C20H23ClF4N4O. The summed E-state index contributed by atoms with van der Waals surface area (Å²) < 4.78 is 54.4. The molecule has 2 aromatic rings. The first-order valence-electron chi connectivity index (χ1n) is 9.50. The van der Waals surface area contributed by atoms with Crippen LogP contribution in [0.4, 0.5) is 23.2 Å². The van der Waals surface area contributed by atoms with Crippen molar-refractivity contribution in [3.63, 3.8) is 0 Å². The summed E-state index contributed by atoms with van der Waals surface area (Å²) in [5.74, 6) is -0.792. The number of nitrogens with zero attached hydrogens (tertiary/aromatic N) is 4. The zero-order chi connectivity index (χ0) is 22.3. The van der Waals surface area contributed by atoms with Gasteiger partial charge in [-0.05, 0) is 24.3 Å². The van der Waals surface area contributed by atoms with E-state index in [1.165, 1.54) is 17.0 Å². The number of carbonyl (C=O) groups is 1. The quantitative estimate of drug-likeness (QED) is 0.659. The van der Waals surface area contributed by atoms with Crippen LogP contribution in [-0.2, 0) is 22.9 Å². The summed E-state index contributed by atoms with van der Waals surface area (Å²) in [5.41, 5.74) is -0.874. The number of rotatable bonds is 3. The van der Waals surface area contributed by atoms with Crippen LogP contribution >= 0.6 is 11.6 Å². The number of anilines is 1. The third-order valence-corrected chi connectivity index (χ3v) is 5.34. The number of hydrogen-bond donors (Lipinski definition) is 0. The van der Waals surface area contributed by atoms with E-state index in [1.807, 2.05) is 4.90 Å². The van der Waals surface area contributed by atoms with Crippen LogP contribution in [0.1, 0.15) is 32.2 Å². The summed E-state index contributed by atoms with van der Waals surface area (Å²) >= 11 is 6.00. The molecule has 0 N–H and O–H groups in total. The molecule has 0 bridgehead atoms. The second-order valence-electron chi connectivity index (χ2n) is 8.26. The van der Waals surface area contributed by atoms with Gasteiger partial charge in [-0.3, -0.25) is 4.79 Å². The second-order valence-corrected chi connectivity index (χ2v) is 8.64. The largest absolute Gasteiger partial charge is 0.434 e. The Hall–Kier alpha value is -2.29. The molecule has 164 valence electrons. The maximum Gasteiger partial charge on any atom is 0.434 e. The van der Waals surface area contributed by atoms with Crippen molar-refractivity contribution in [1.29, 1.82) is 0 Å². The first-order chi connectivity index (χ1) is 13.9. The molecule has 1 fully saturated rings. The van der Waals surface area contributed by atoms with Crippen LogP contribution in [0.2, 0.25) is 5.02 Å². The van der Waals surface area contributed by atoms with Gasteiger partial charge in [0.05, 0.1) is 10.7 Å². The molecule has 0 atom stereocenters. The number of halogens is 5. The van der Waals surface area contributed by atoms with Crippen molar-refractivity contribution >= 4 is 23.2 Å². The van der Waals surface area contributed by atoms with Crippen molar-refractivity contribution in [2.45, 2.75) is 38.9 Å². The summed E-state index contributed by atoms with van der Waals surface area (Å²) in [6, 6.07) is 6.03. The Kier molecular flexibility index (Phi) is 6.04. The Morgan fingerprint density at radius 1 is 1.07 bits per heavy atom. The predicted molar refractivity (Wildman–Crippen MR) is 106 cm³/mol. The van der Waals surface area contributed by atoms with Gasteiger partial charge in [-0.2, -0.15) is 18.3 Å². The summed E-state index contributed by atoms with van der Waals surface area (Å²) in [7, 11) is 0. The summed E-state index contributed by atoms with van der Waals surface area (Å²) in [4.78, 5) is 16.2. The molecule has 1 aromatic carbocycles. The highest BCUT2D eigenvalue weighted by Crippen LogP contribution is 2.40. The van der Waals surface area contributed by atoms with Gasteiger partial charge in [-0.15, -0.1) is 0 Å². The van der Waals surface area contributed by atoms with Crippen LogP contribution in [0.5, 0.6) is 0 Å². The van der Waals surface area contributed by atoms with Gasteiger partial charge in [0, 0.05) is 37.3 Å². The average molecular weight is 447 g/mol. The van der Waals surface area contributed by atoms with E-state index in [4.69, 9.17) is 11.6 Å². The number of alkyl halides is 3. The first-order valence-corrected chi connectivity index (χ1v) is 9.88. The molecule has 2 heterocycles. The lowest BCUT2D eigenvalue weighted by molar-refractivity contribution is -0.145. The Bertz CT molecular complexity index is 911. The van der Waals surface area contributed by atoms with Gasteiger partial charge in [-0.25, -0.2) is 9.07 Å². The van der Waals surface area contributed by atoms with E-state index in [0.29, 0.717) is 30.9 Å². The van der Waals surface area contributed by atoms with E-state index >= 15 is 0 Å². The third kappa shape index (κ3) is 4.71. The monoisotopic (exact) mass is 446 g/mol. The summed E-state index contributed by atoms with van der Waals surface area (Å²) in [6.07, 6.45) is -4.73. The molecule has 0 aliphatic carbocycles. The van der Waals surface area contributed by atoms with Crippen LogP contribution in [0.3, 0.4) is 0 Å². The second kappa shape index (κ2) is 8.09. The molecule has 30 heavy (non-hydrogen) atoms. The number of hydrogen-bond acceptors (Lipinski definition) is 3. The van der Waals surface area contributed by atoms with Crippen LogP contribution in [0.15, 0.2) is 24.3 Å². The van der Waals surface area contributed by atoms with E-state index in [2.05, 4.69) is 5.10 Å². The molecule has 1 aliphatic rings. The van der Waals surface area contributed by atoms with E-state index in [9.17, 15) is 22.4 Å². The maximum absolute atomic E-state index is 13.6. The van der Waals surface area contributed by atoms with E-state index in [0.717, 1.165) is 5.69 Å². The van der Waals surface area contributed by atoms with Crippen LogP contribution in [0, 0.1) is 5.82 Å². The number of piperazine rings is 1. The van der Waals surface area contributed by atoms with Crippen molar-refractivity contribution < 1.29 is 22.4 Å². The fraction of sp³-hybridized carbons (Fsp3) is 0.500. The zero-order valence-corrected chi connectivity index (χ0v) is 17.7. The standard InChI is InChI=1S/C20H23ClF4N4O/c1-19(2,3)17-16(21)18(20(23,24)25)29(26-17)12-15(30)28-10-8-27(9-11-28)14-6-4-13(22)5-7-14/h4-7H,8-12H2,1-3H3. The van der Waals surface area contributed by atoms with Gasteiger partial charge in [0.25, 0.3) is 0 Å². The van der Waals surface area contributed by atoms with E-state index in [1.54, 1.807) is 32.9 Å². The molecule has 5 nitrogen and oxygen atoms in total. The highest BCUT2D eigenvalue weighted by atomic mass is 35.5. The fourth-order valence-corrected chi connectivity index (χ4v) is 3.92. The Morgan fingerprint density at radius 3 is 2.13 bits per heavy atom. The summed E-state index contributed by atoms with van der Waals surface area (Å²) in [6.45, 7) is 6.28. The molecule has 1 saturated heterocycles. The van der Waals surface area contributed by atoms with Crippen molar-refractivity contribution in [2.24, 2.45) is 0 Å². The topological polar surface area (TPSA) is 41.4 Å². The SMILES string of the molecule is CC(C)(C)c1nn(CC(=O)N2CCN(c3ccc(F)cc3)CC2)c(C(F)(F)F)c1Cl. The molecule has 10 heteroatoms. The minimum atomic E-state index is -4.73. The van der Waals surface area contributed by atoms with E-state index in [-0.39, 0.29) is 11.5 Å². The Morgan fingerprint density at radius 2 is 1.63 bits per heavy atom. The molecular weight excluding hydrogens is 424 g/mol. The first kappa shape index (κ1) is 22.4. The van der Waals surface area contributed by atoms with E-state index < -0.39 is 34.8 Å². The molecule has 1 aliphatic heterocycles. The van der Waals surface area contributed by atoms with Gasteiger partial charge < -0.3 is 9.80 Å². The van der Waals surface area contributed by atoms with Crippen molar-refractivity contribution in [2.75, 3.05) is 31.1 Å². The smallest absolute Gasteiger partial charge is 0.368 e. The van der Waals surface area contributed by atoms with Gasteiger partial charge in [0.2, 0.25) is 5.91 Å². The molecule has 3 rings (SSSR count). The lowest BCUT2D eigenvalue weighted by Crippen LogP contribution is -2.49. The number of aromatic nitrogens is 2. The average Bonchev–Trinajstić information content (AvgIpc) is 2.99. The lowest BCUT2D eigenvalue weighted by atomic mass is 9.92. The summed E-state index contributed by atoms with van der Waals surface area (Å²) in [5, 5.41) is 3.56. The number of benzene rings is 1. The normalized spacial score (nSPS) is 15.6. The highest BCUT2D eigenvalue weighted by molar-refractivity contribution is 6.32. The molecule has 1 aromatic heterocycles. The zero-order valence-electron chi connectivity index (χ0n) is 16.9. The number of carbonyl (C=O) groups excluding carboxylic acids is 1. The van der Waals surface area contributed by atoms with Crippen LogP contribution < -0.4 is 4.90 Å². The minimum Gasteiger partial charge on any atom is -0.368 e. The fourth-order valence-electron chi connectivity index (χ4n) is 3.40.